The van der Waals surface area contributed by atoms with Crippen molar-refractivity contribution in [2.45, 2.75) is 25.2 Å². The number of rotatable bonds is 5. The molecule has 2 heterocycles. The predicted molar refractivity (Wildman–Crippen MR) is 80.9 cm³/mol. The lowest BCUT2D eigenvalue weighted by Crippen LogP contribution is -2.61. The van der Waals surface area contributed by atoms with Crippen molar-refractivity contribution in [3.63, 3.8) is 0 Å². The Bertz CT molecular complexity index is 551. The minimum atomic E-state index is -0.391. The van der Waals surface area contributed by atoms with Crippen LogP contribution in [0, 0.1) is 5.82 Å². The molecule has 1 aromatic rings. The molecule has 2 atom stereocenters. The summed E-state index contributed by atoms with van der Waals surface area (Å²) in [5, 5.41) is 2.92. The van der Waals surface area contributed by atoms with Crippen molar-refractivity contribution in [2.24, 2.45) is 0 Å². The van der Waals surface area contributed by atoms with Gasteiger partial charge < -0.3 is 24.4 Å². The van der Waals surface area contributed by atoms with Gasteiger partial charge >= 0.3 is 6.03 Å². The molecular weight excluding hydrogens is 303 g/mol. The van der Waals surface area contributed by atoms with E-state index in [1.165, 1.54) is 6.07 Å². The minimum Gasteiger partial charge on any atom is -0.484 e. The Labute approximate surface area is 134 Å². The summed E-state index contributed by atoms with van der Waals surface area (Å²) in [5.41, 5.74) is 0. The van der Waals surface area contributed by atoms with Gasteiger partial charge in [0.05, 0.1) is 32.3 Å². The third kappa shape index (κ3) is 3.73. The van der Waals surface area contributed by atoms with Gasteiger partial charge in [-0.15, -0.1) is 0 Å². The van der Waals surface area contributed by atoms with Gasteiger partial charge in [0.2, 0.25) is 0 Å². The Morgan fingerprint density at radius 1 is 1.39 bits per heavy atom. The van der Waals surface area contributed by atoms with E-state index in [-0.39, 0.29) is 30.0 Å². The lowest BCUT2D eigenvalue weighted by atomic mass is 10.1. The van der Waals surface area contributed by atoms with E-state index in [0.717, 1.165) is 0 Å². The number of hydrogen-bond acceptors (Lipinski definition) is 4. The average molecular weight is 324 g/mol. The second-order valence-corrected chi connectivity index (χ2v) is 5.66. The second-order valence-electron chi connectivity index (χ2n) is 5.66. The summed E-state index contributed by atoms with van der Waals surface area (Å²) in [5.74, 6) is -0.170. The molecule has 7 heteroatoms. The fraction of sp³-hybridized carbons (Fsp3) is 0.562. The number of benzene rings is 1. The first kappa shape index (κ1) is 16.0. The predicted octanol–water partition coefficient (Wildman–Crippen LogP) is 1.40. The molecular formula is C16H21FN2O4. The molecule has 23 heavy (non-hydrogen) atoms. The molecule has 1 aromatic carbocycles. The summed E-state index contributed by atoms with van der Waals surface area (Å²) in [7, 11) is 0. The summed E-state index contributed by atoms with van der Waals surface area (Å²) in [6, 6.07) is 5.97. The van der Waals surface area contributed by atoms with Crippen molar-refractivity contribution >= 4 is 6.03 Å². The highest BCUT2D eigenvalue weighted by Crippen LogP contribution is 2.21. The van der Waals surface area contributed by atoms with Crippen LogP contribution in [0.5, 0.6) is 5.75 Å². The molecule has 0 spiro atoms. The van der Waals surface area contributed by atoms with E-state index in [2.05, 4.69) is 5.32 Å². The van der Waals surface area contributed by atoms with Gasteiger partial charge in [0.1, 0.15) is 12.2 Å². The van der Waals surface area contributed by atoms with Crippen LogP contribution in [0.25, 0.3) is 0 Å². The van der Waals surface area contributed by atoms with Crippen molar-refractivity contribution < 1.29 is 23.4 Å². The molecule has 1 N–H and O–H groups in total. The number of ether oxygens (including phenoxy) is 3. The number of amides is 2. The molecule has 0 aliphatic carbocycles. The topological polar surface area (TPSA) is 60.0 Å². The third-order valence-electron chi connectivity index (χ3n) is 3.98. The molecule has 0 bridgehead atoms. The van der Waals surface area contributed by atoms with Gasteiger partial charge in [0.25, 0.3) is 0 Å². The Morgan fingerprint density at radius 3 is 2.91 bits per heavy atom. The number of likely N-dealkylation sites (tertiary alicyclic amines) is 1. The van der Waals surface area contributed by atoms with Crippen LogP contribution >= 0.6 is 0 Å². The lowest BCUT2D eigenvalue weighted by Gasteiger charge is -2.39. The van der Waals surface area contributed by atoms with Crippen LogP contribution in [0.15, 0.2) is 24.3 Å². The van der Waals surface area contributed by atoms with Gasteiger partial charge in [0, 0.05) is 6.61 Å². The maximum atomic E-state index is 13.5. The average Bonchev–Trinajstić information content (AvgIpc) is 2.91. The quantitative estimate of drug-likeness (QED) is 0.889. The number of carbonyl (C=O) groups is 1. The highest BCUT2D eigenvalue weighted by Gasteiger charge is 2.36. The highest BCUT2D eigenvalue weighted by molar-refractivity contribution is 5.75. The van der Waals surface area contributed by atoms with E-state index < -0.39 is 5.82 Å². The number of nitrogens with zero attached hydrogens (tertiary/aromatic N) is 1. The highest BCUT2D eigenvalue weighted by atomic mass is 19.1. The Morgan fingerprint density at radius 2 is 2.17 bits per heavy atom. The number of hydrogen-bond donors (Lipinski definition) is 1. The van der Waals surface area contributed by atoms with E-state index in [9.17, 15) is 9.18 Å². The largest absolute Gasteiger partial charge is 0.484 e. The molecule has 2 aliphatic heterocycles. The number of halogens is 1. The first-order valence-electron chi connectivity index (χ1n) is 7.83. The van der Waals surface area contributed by atoms with E-state index in [0.29, 0.717) is 32.9 Å². The van der Waals surface area contributed by atoms with E-state index >= 15 is 0 Å². The minimum absolute atomic E-state index is 0.101. The van der Waals surface area contributed by atoms with Crippen LogP contribution in [0.3, 0.4) is 0 Å². The summed E-state index contributed by atoms with van der Waals surface area (Å²) >= 11 is 0. The summed E-state index contributed by atoms with van der Waals surface area (Å²) < 4.78 is 29.9. The van der Waals surface area contributed by atoms with Gasteiger partial charge in [-0.05, 0) is 19.1 Å². The molecule has 3 rings (SSSR count). The van der Waals surface area contributed by atoms with Crippen molar-refractivity contribution in [1.82, 2.24) is 10.2 Å². The van der Waals surface area contributed by atoms with Gasteiger partial charge in [-0.25, -0.2) is 9.18 Å². The zero-order chi connectivity index (χ0) is 16.2. The van der Waals surface area contributed by atoms with Crippen molar-refractivity contribution in [3.8, 4) is 5.75 Å². The van der Waals surface area contributed by atoms with Gasteiger partial charge in [-0.1, -0.05) is 12.1 Å². The van der Waals surface area contributed by atoms with Crippen molar-refractivity contribution in [2.75, 3.05) is 32.9 Å². The Kier molecular flexibility index (Phi) is 4.97. The van der Waals surface area contributed by atoms with Crippen LogP contribution in [0.4, 0.5) is 9.18 Å². The zero-order valence-corrected chi connectivity index (χ0v) is 13.0. The van der Waals surface area contributed by atoms with Gasteiger partial charge in [0.15, 0.2) is 11.6 Å². The Balaban J connectivity index is 1.44. The molecule has 2 aliphatic rings. The standard InChI is InChI=1S/C16H21FN2O4/c1-2-22-15-10-21-9-13(15)18-16(20)19-7-11(8-19)23-14-6-4-3-5-12(14)17/h3-6,11,13,15H,2,7-10H2,1H3,(H,18,20)/t13-,15-/m0/s1. The first-order valence-corrected chi connectivity index (χ1v) is 7.83. The SMILES string of the molecule is CCO[C@H]1COC[C@@H]1NC(=O)N1CC(Oc2ccccc2F)C1. The smallest absolute Gasteiger partial charge is 0.318 e. The number of urea groups is 1. The monoisotopic (exact) mass is 324 g/mol. The number of para-hydroxylation sites is 1. The molecule has 0 saturated carbocycles. The van der Waals surface area contributed by atoms with Crippen LogP contribution in [-0.2, 0) is 9.47 Å². The van der Waals surface area contributed by atoms with Crippen LogP contribution in [-0.4, -0.2) is 62.1 Å². The fourth-order valence-electron chi connectivity index (χ4n) is 2.70. The van der Waals surface area contributed by atoms with Crippen molar-refractivity contribution in [3.05, 3.63) is 30.1 Å². The van der Waals surface area contributed by atoms with Gasteiger partial charge in [-0.2, -0.15) is 0 Å². The summed E-state index contributed by atoms with van der Waals surface area (Å²) in [6.07, 6.45) is -0.282. The number of carbonyl (C=O) groups excluding carboxylic acids is 1. The molecule has 0 radical (unpaired) electrons. The van der Waals surface area contributed by atoms with Crippen molar-refractivity contribution in [1.29, 1.82) is 0 Å². The molecule has 6 nitrogen and oxygen atoms in total. The summed E-state index contributed by atoms with van der Waals surface area (Å²) in [4.78, 5) is 13.8. The maximum absolute atomic E-state index is 13.5. The van der Waals surface area contributed by atoms with Crippen LogP contribution in [0.2, 0.25) is 0 Å². The second kappa shape index (κ2) is 7.14. The zero-order valence-electron chi connectivity index (χ0n) is 13.0. The summed E-state index contributed by atoms with van der Waals surface area (Å²) in [6.45, 7) is 4.33. The van der Waals surface area contributed by atoms with Crippen LogP contribution in [0.1, 0.15) is 6.92 Å². The normalized spacial score (nSPS) is 24.3. The van der Waals surface area contributed by atoms with E-state index in [1.807, 2.05) is 6.92 Å². The van der Waals surface area contributed by atoms with E-state index in [1.54, 1.807) is 23.1 Å². The van der Waals surface area contributed by atoms with Crippen LogP contribution < -0.4 is 10.1 Å². The number of nitrogens with one attached hydrogen (secondary N) is 1. The molecule has 0 aromatic heterocycles. The van der Waals surface area contributed by atoms with E-state index in [4.69, 9.17) is 14.2 Å². The van der Waals surface area contributed by atoms with Gasteiger partial charge in [-0.3, -0.25) is 0 Å². The fourth-order valence-corrected chi connectivity index (χ4v) is 2.70. The Hall–Kier alpha value is -1.86. The molecule has 0 unspecified atom stereocenters. The molecule has 2 saturated heterocycles. The lowest BCUT2D eigenvalue weighted by molar-refractivity contribution is 0.0300. The maximum Gasteiger partial charge on any atom is 0.318 e. The third-order valence-corrected chi connectivity index (χ3v) is 3.98. The molecule has 126 valence electrons. The first-order chi connectivity index (χ1) is 11.2. The molecule has 2 fully saturated rings. The molecule has 2 amide bonds.